The minimum absolute atomic E-state index is 0.543. The van der Waals surface area contributed by atoms with Crippen molar-refractivity contribution in [1.29, 1.82) is 5.26 Å². The summed E-state index contributed by atoms with van der Waals surface area (Å²) in [6, 6.07) is 72.0. The molecule has 2 aromatic heterocycles. The van der Waals surface area contributed by atoms with Crippen LogP contribution < -0.4 is 14.5 Å². The van der Waals surface area contributed by atoms with E-state index in [1.807, 2.05) is 97.1 Å². The number of para-hydroxylation sites is 4. The number of fused-ring (bicyclic) bond motifs is 5. The molecule has 0 saturated carbocycles. The second-order valence-corrected chi connectivity index (χ2v) is 15.1. The van der Waals surface area contributed by atoms with Gasteiger partial charge in [0.2, 0.25) is 0 Å². The van der Waals surface area contributed by atoms with Crippen LogP contribution in [0.25, 0.3) is 54.7 Å². The molecule has 0 saturated heterocycles. The number of aromatic nitrogens is 2. The van der Waals surface area contributed by atoms with Gasteiger partial charge in [0.1, 0.15) is 11.6 Å². The Balaban J connectivity index is 1.22. The van der Waals surface area contributed by atoms with E-state index in [1.54, 1.807) is 0 Å². The lowest BCUT2D eigenvalue weighted by atomic mass is 10.0. The van der Waals surface area contributed by atoms with Crippen molar-refractivity contribution in [3.8, 4) is 45.6 Å². The molecule has 0 atom stereocenters. The molecule has 0 amide bonds. The van der Waals surface area contributed by atoms with Crippen LogP contribution in [0.5, 0.6) is 11.5 Å². The highest BCUT2D eigenvalue weighted by atomic mass is 16.5. The van der Waals surface area contributed by atoms with Crippen LogP contribution in [0.15, 0.2) is 206 Å². The quantitative estimate of drug-likeness (QED) is 0.150. The zero-order chi connectivity index (χ0) is 41.6. The molecule has 8 aromatic carbocycles. The number of anilines is 6. The van der Waals surface area contributed by atoms with Gasteiger partial charge in [-0.2, -0.15) is 5.26 Å². The Kier molecular flexibility index (Phi) is 8.78. The molecular weight excluding hydrogens is 761 g/mol. The lowest BCUT2D eigenvalue weighted by Gasteiger charge is -2.33. The zero-order valence-electron chi connectivity index (χ0n) is 33.2. The molecular formula is C55H34N6O. The number of ether oxygens (including phenoxy) is 1. The molecule has 0 fully saturated rings. The third-order valence-corrected chi connectivity index (χ3v) is 11.4. The molecule has 0 unspecified atom stereocenters. The van der Waals surface area contributed by atoms with Crippen molar-refractivity contribution in [2.45, 2.75) is 0 Å². The average Bonchev–Trinajstić information content (AvgIpc) is 3.67. The van der Waals surface area contributed by atoms with Crippen LogP contribution in [0.3, 0.4) is 0 Å². The van der Waals surface area contributed by atoms with E-state index in [9.17, 15) is 5.26 Å². The predicted octanol–water partition coefficient (Wildman–Crippen LogP) is 15.0. The molecule has 0 spiro atoms. The van der Waals surface area contributed by atoms with Gasteiger partial charge in [-0.05, 0) is 107 Å². The molecule has 1 aliphatic heterocycles. The zero-order valence-corrected chi connectivity index (χ0v) is 33.2. The van der Waals surface area contributed by atoms with Crippen molar-refractivity contribution < 1.29 is 4.74 Å². The van der Waals surface area contributed by atoms with E-state index in [1.165, 1.54) is 0 Å². The van der Waals surface area contributed by atoms with Crippen molar-refractivity contribution in [3.05, 3.63) is 223 Å². The monoisotopic (exact) mass is 794 g/mol. The Morgan fingerprint density at radius 2 is 1.00 bits per heavy atom. The van der Waals surface area contributed by atoms with Crippen molar-refractivity contribution in [2.24, 2.45) is 0 Å². The SMILES string of the molecule is [C-]#[N+]c1ccc(N(c2ccc(C#N)cc2)c2cc(N3c4ccccc4Oc4ccccc43)nc(-n3c4ccc(-c5ccccc5)cc4c4cc(-c5ccccc5)ccc43)c2)cc1. The number of benzene rings is 8. The fraction of sp³-hybridized carbons (Fsp3) is 0. The van der Waals surface area contributed by atoms with E-state index < -0.39 is 0 Å². The first-order valence-electron chi connectivity index (χ1n) is 20.3. The smallest absolute Gasteiger partial charge is 0.187 e. The molecule has 7 heteroatoms. The molecule has 11 rings (SSSR count). The first-order valence-corrected chi connectivity index (χ1v) is 20.3. The van der Waals surface area contributed by atoms with E-state index in [0.29, 0.717) is 22.9 Å². The van der Waals surface area contributed by atoms with Crippen LogP contribution in [0.2, 0.25) is 0 Å². The maximum Gasteiger partial charge on any atom is 0.187 e. The van der Waals surface area contributed by atoms with Crippen molar-refractivity contribution in [3.63, 3.8) is 0 Å². The van der Waals surface area contributed by atoms with Crippen LogP contribution in [-0.4, -0.2) is 9.55 Å². The maximum atomic E-state index is 9.76. The molecule has 290 valence electrons. The second kappa shape index (κ2) is 15.0. The summed E-state index contributed by atoms with van der Waals surface area (Å²) >= 11 is 0. The van der Waals surface area contributed by atoms with E-state index >= 15 is 0 Å². The molecule has 0 radical (unpaired) electrons. The van der Waals surface area contributed by atoms with Gasteiger partial charge in [0.25, 0.3) is 0 Å². The van der Waals surface area contributed by atoms with Crippen LogP contribution in [0.1, 0.15) is 5.56 Å². The normalized spacial score (nSPS) is 11.6. The molecule has 1 aliphatic rings. The fourth-order valence-electron chi connectivity index (χ4n) is 8.50. The highest BCUT2D eigenvalue weighted by molar-refractivity contribution is 6.11. The third kappa shape index (κ3) is 6.26. The minimum atomic E-state index is 0.543. The molecule has 0 N–H and O–H groups in total. The largest absolute Gasteiger partial charge is 0.453 e. The minimum Gasteiger partial charge on any atom is -0.453 e. The van der Waals surface area contributed by atoms with Crippen LogP contribution in [0, 0.1) is 17.9 Å². The second-order valence-electron chi connectivity index (χ2n) is 15.1. The van der Waals surface area contributed by atoms with Gasteiger partial charge in [0.05, 0.1) is 46.3 Å². The summed E-state index contributed by atoms with van der Waals surface area (Å²) in [5, 5.41) is 12.0. The summed E-state index contributed by atoms with van der Waals surface area (Å²) in [5.41, 5.74) is 11.9. The van der Waals surface area contributed by atoms with Gasteiger partial charge in [-0.15, -0.1) is 0 Å². The van der Waals surface area contributed by atoms with E-state index in [2.05, 4.69) is 134 Å². The summed E-state index contributed by atoms with van der Waals surface area (Å²) in [5.74, 6) is 2.82. The number of hydrogen-bond acceptors (Lipinski definition) is 5. The van der Waals surface area contributed by atoms with Crippen LogP contribution in [-0.2, 0) is 0 Å². The number of rotatable bonds is 7. The maximum absolute atomic E-state index is 9.76. The van der Waals surface area contributed by atoms with Gasteiger partial charge in [0, 0.05) is 34.3 Å². The van der Waals surface area contributed by atoms with Gasteiger partial charge in [-0.25, -0.2) is 9.83 Å². The topological polar surface area (TPSA) is 61.7 Å². The van der Waals surface area contributed by atoms with Gasteiger partial charge < -0.3 is 9.64 Å². The van der Waals surface area contributed by atoms with Gasteiger partial charge in [0.15, 0.2) is 17.2 Å². The predicted molar refractivity (Wildman–Crippen MR) is 250 cm³/mol. The van der Waals surface area contributed by atoms with Crippen molar-refractivity contribution in [2.75, 3.05) is 9.80 Å². The van der Waals surface area contributed by atoms with Gasteiger partial charge in [-0.1, -0.05) is 109 Å². The first kappa shape index (κ1) is 36.2. The highest BCUT2D eigenvalue weighted by Crippen LogP contribution is 2.51. The summed E-state index contributed by atoms with van der Waals surface area (Å²) in [6.45, 7) is 7.67. The van der Waals surface area contributed by atoms with E-state index in [0.717, 1.165) is 84.0 Å². The number of nitriles is 1. The lowest BCUT2D eigenvalue weighted by Crippen LogP contribution is -2.19. The lowest BCUT2D eigenvalue weighted by molar-refractivity contribution is 0.476. The standard InChI is InChI=1S/C55H34N6O/c1-57-42-24-28-44(29-25-42)59(43-26-20-37(36-56)21-27-43)45-34-54(58-55(35-45)61-50-16-8-10-18-52(50)62-53-19-11-9-17-51(53)61)60-48-30-22-40(38-12-4-2-5-13-38)32-46(48)47-33-41(23-31-49(47)60)39-14-6-3-7-15-39/h2-35H. The van der Waals surface area contributed by atoms with Gasteiger partial charge >= 0.3 is 0 Å². The highest BCUT2D eigenvalue weighted by Gasteiger charge is 2.29. The molecule has 0 bridgehead atoms. The van der Waals surface area contributed by atoms with E-state index in [4.69, 9.17) is 16.3 Å². The molecule has 7 nitrogen and oxygen atoms in total. The molecule has 0 aliphatic carbocycles. The Bertz CT molecular complexity index is 3200. The summed E-state index contributed by atoms with van der Waals surface area (Å²) in [6.07, 6.45) is 0. The van der Waals surface area contributed by atoms with Gasteiger partial charge in [-0.3, -0.25) is 9.47 Å². The number of nitrogens with zero attached hydrogens (tertiary/aromatic N) is 6. The van der Waals surface area contributed by atoms with E-state index in [-0.39, 0.29) is 0 Å². The van der Waals surface area contributed by atoms with Crippen molar-refractivity contribution in [1.82, 2.24) is 9.55 Å². The van der Waals surface area contributed by atoms with Crippen LogP contribution >= 0.6 is 0 Å². The molecule has 3 heterocycles. The van der Waals surface area contributed by atoms with Crippen molar-refractivity contribution >= 4 is 61.7 Å². The fourth-order valence-corrected chi connectivity index (χ4v) is 8.50. The van der Waals surface area contributed by atoms with Crippen LogP contribution in [0.4, 0.5) is 39.9 Å². The Morgan fingerprint density at radius 1 is 0.500 bits per heavy atom. The molecule has 62 heavy (non-hydrogen) atoms. The summed E-state index contributed by atoms with van der Waals surface area (Å²) < 4.78 is 8.73. The average molecular weight is 795 g/mol. The first-order chi connectivity index (χ1) is 30.6. The summed E-state index contributed by atoms with van der Waals surface area (Å²) in [4.78, 5) is 13.6. The number of pyridine rings is 1. The third-order valence-electron chi connectivity index (χ3n) is 11.4. The molecule has 10 aromatic rings. The Labute approximate surface area is 358 Å². The summed E-state index contributed by atoms with van der Waals surface area (Å²) in [7, 11) is 0. The Morgan fingerprint density at radius 3 is 1.53 bits per heavy atom. The Hall–Kier alpha value is -8.91. The number of hydrogen-bond donors (Lipinski definition) is 0.